The first-order chi connectivity index (χ1) is 9.28. The Bertz CT molecular complexity index is 720. The summed E-state index contributed by atoms with van der Waals surface area (Å²) in [5, 5.41) is 12.1. The van der Waals surface area contributed by atoms with Crippen LogP contribution in [0.1, 0.15) is 0 Å². The van der Waals surface area contributed by atoms with Crippen LogP contribution in [-0.4, -0.2) is 11.4 Å². The first kappa shape index (κ1) is 12.1. The molecule has 0 heterocycles. The zero-order valence-electron chi connectivity index (χ0n) is 10.6. The summed E-state index contributed by atoms with van der Waals surface area (Å²) < 4.78 is 0. The SMILES string of the molecule is CSc1cc2cc(-c3ccccc3)ccc2cc1O. The molecule has 2 heteroatoms. The van der Waals surface area contributed by atoms with Gasteiger partial charge in [-0.15, -0.1) is 11.8 Å². The topological polar surface area (TPSA) is 20.2 Å². The molecule has 0 bridgehead atoms. The third-order valence-corrected chi connectivity index (χ3v) is 4.01. The van der Waals surface area contributed by atoms with Crippen molar-refractivity contribution in [1.82, 2.24) is 0 Å². The van der Waals surface area contributed by atoms with E-state index in [0.717, 1.165) is 15.7 Å². The minimum atomic E-state index is 0.354. The quantitative estimate of drug-likeness (QED) is 0.663. The summed E-state index contributed by atoms with van der Waals surface area (Å²) >= 11 is 1.56. The molecular formula is C17H14OS. The van der Waals surface area contributed by atoms with Crippen LogP contribution in [0.25, 0.3) is 21.9 Å². The molecule has 0 unspecified atom stereocenters. The number of thioether (sulfide) groups is 1. The van der Waals surface area contributed by atoms with Crippen molar-refractivity contribution in [1.29, 1.82) is 0 Å². The minimum absolute atomic E-state index is 0.354. The molecule has 0 fully saturated rings. The molecule has 1 nitrogen and oxygen atoms in total. The van der Waals surface area contributed by atoms with Gasteiger partial charge in [0, 0.05) is 4.90 Å². The highest BCUT2D eigenvalue weighted by Gasteiger charge is 2.04. The van der Waals surface area contributed by atoms with Crippen LogP contribution >= 0.6 is 11.8 Å². The van der Waals surface area contributed by atoms with Crippen LogP contribution in [0.3, 0.4) is 0 Å². The molecule has 94 valence electrons. The van der Waals surface area contributed by atoms with E-state index >= 15 is 0 Å². The fourth-order valence-electron chi connectivity index (χ4n) is 2.24. The van der Waals surface area contributed by atoms with Gasteiger partial charge in [-0.25, -0.2) is 0 Å². The normalized spacial score (nSPS) is 10.8. The van der Waals surface area contributed by atoms with E-state index in [-0.39, 0.29) is 0 Å². The molecule has 0 aliphatic rings. The number of aromatic hydroxyl groups is 1. The van der Waals surface area contributed by atoms with Gasteiger partial charge in [0.15, 0.2) is 0 Å². The average molecular weight is 266 g/mol. The van der Waals surface area contributed by atoms with Crippen molar-refractivity contribution in [3.8, 4) is 16.9 Å². The lowest BCUT2D eigenvalue weighted by atomic mass is 10.0. The highest BCUT2D eigenvalue weighted by atomic mass is 32.2. The zero-order chi connectivity index (χ0) is 13.2. The lowest BCUT2D eigenvalue weighted by Crippen LogP contribution is -1.80. The third kappa shape index (κ3) is 2.32. The Morgan fingerprint density at radius 2 is 1.58 bits per heavy atom. The Labute approximate surface area is 116 Å². The Hall–Kier alpha value is -1.93. The maximum absolute atomic E-state index is 9.87. The van der Waals surface area contributed by atoms with Crippen molar-refractivity contribution >= 4 is 22.5 Å². The molecule has 0 atom stereocenters. The average Bonchev–Trinajstić information content (AvgIpc) is 2.47. The molecule has 0 saturated heterocycles. The molecular weight excluding hydrogens is 252 g/mol. The van der Waals surface area contributed by atoms with Crippen molar-refractivity contribution in [2.24, 2.45) is 0 Å². The van der Waals surface area contributed by atoms with Gasteiger partial charge >= 0.3 is 0 Å². The maximum atomic E-state index is 9.87. The van der Waals surface area contributed by atoms with E-state index in [2.05, 4.69) is 30.3 Å². The molecule has 3 aromatic rings. The van der Waals surface area contributed by atoms with E-state index in [1.165, 1.54) is 11.1 Å². The molecule has 0 radical (unpaired) electrons. The first-order valence-electron chi connectivity index (χ1n) is 6.14. The van der Waals surface area contributed by atoms with Gasteiger partial charge in [0.2, 0.25) is 0 Å². The van der Waals surface area contributed by atoms with E-state index in [1.807, 2.05) is 36.6 Å². The van der Waals surface area contributed by atoms with Gasteiger partial charge in [0.25, 0.3) is 0 Å². The highest BCUT2D eigenvalue weighted by Crippen LogP contribution is 2.33. The van der Waals surface area contributed by atoms with Gasteiger partial charge in [0.1, 0.15) is 5.75 Å². The van der Waals surface area contributed by atoms with Crippen molar-refractivity contribution in [2.45, 2.75) is 4.90 Å². The second kappa shape index (κ2) is 4.98. The molecule has 0 spiro atoms. The molecule has 0 aliphatic carbocycles. The summed E-state index contributed by atoms with van der Waals surface area (Å²) in [6.45, 7) is 0. The second-order valence-electron chi connectivity index (χ2n) is 4.45. The number of phenols is 1. The smallest absolute Gasteiger partial charge is 0.129 e. The van der Waals surface area contributed by atoms with Gasteiger partial charge in [-0.3, -0.25) is 0 Å². The maximum Gasteiger partial charge on any atom is 0.129 e. The molecule has 0 aliphatic heterocycles. The van der Waals surface area contributed by atoms with E-state index in [4.69, 9.17) is 0 Å². The monoisotopic (exact) mass is 266 g/mol. The summed E-state index contributed by atoms with van der Waals surface area (Å²) in [5.41, 5.74) is 2.41. The Morgan fingerprint density at radius 3 is 2.32 bits per heavy atom. The summed E-state index contributed by atoms with van der Waals surface area (Å²) in [7, 11) is 0. The Kier molecular flexibility index (Phi) is 3.18. The Balaban J connectivity index is 2.18. The van der Waals surface area contributed by atoms with Crippen LogP contribution in [0.15, 0.2) is 65.6 Å². The van der Waals surface area contributed by atoms with Gasteiger partial charge in [0.05, 0.1) is 0 Å². The summed E-state index contributed by atoms with van der Waals surface area (Å²) in [6.07, 6.45) is 1.97. The van der Waals surface area contributed by atoms with E-state index < -0.39 is 0 Å². The van der Waals surface area contributed by atoms with Gasteiger partial charge in [-0.1, -0.05) is 42.5 Å². The molecule has 3 rings (SSSR count). The van der Waals surface area contributed by atoms with Crippen molar-refractivity contribution in [3.05, 3.63) is 60.7 Å². The van der Waals surface area contributed by atoms with Gasteiger partial charge in [-0.05, 0) is 46.4 Å². The van der Waals surface area contributed by atoms with Gasteiger partial charge in [-0.2, -0.15) is 0 Å². The Morgan fingerprint density at radius 1 is 0.789 bits per heavy atom. The van der Waals surface area contributed by atoms with Crippen LogP contribution < -0.4 is 0 Å². The fraction of sp³-hybridized carbons (Fsp3) is 0.0588. The van der Waals surface area contributed by atoms with Crippen LogP contribution in [0, 0.1) is 0 Å². The lowest BCUT2D eigenvalue weighted by Gasteiger charge is -2.07. The predicted molar refractivity (Wildman–Crippen MR) is 82.8 cm³/mol. The molecule has 19 heavy (non-hydrogen) atoms. The highest BCUT2D eigenvalue weighted by molar-refractivity contribution is 7.98. The van der Waals surface area contributed by atoms with Crippen LogP contribution in [-0.2, 0) is 0 Å². The second-order valence-corrected chi connectivity index (χ2v) is 5.30. The van der Waals surface area contributed by atoms with Crippen LogP contribution in [0.5, 0.6) is 5.75 Å². The van der Waals surface area contributed by atoms with E-state index in [0.29, 0.717) is 5.75 Å². The standard InChI is InChI=1S/C17H14OS/c1-19-17-11-15-9-13(12-5-3-2-4-6-12)7-8-14(15)10-16(17)18/h2-11,18H,1H3. The number of hydrogen-bond acceptors (Lipinski definition) is 2. The molecule has 3 aromatic carbocycles. The number of rotatable bonds is 2. The number of hydrogen-bond donors (Lipinski definition) is 1. The molecule has 0 aromatic heterocycles. The van der Waals surface area contributed by atoms with Crippen LogP contribution in [0.4, 0.5) is 0 Å². The van der Waals surface area contributed by atoms with Crippen molar-refractivity contribution in [3.63, 3.8) is 0 Å². The largest absolute Gasteiger partial charge is 0.507 e. The third-order valence-electron chi connectivity index (χ3n) is 3.25. The summed E-state index contributed by atoms with van der Waals surface area (Å²) in [4.78, 5) is 0.915. The van der Waals surface area contributed by atoms with E-state index in [9.17, 15) is 5.11 Å². The van der Waals surface area contributed by atoms with Crippen molar-refractivity contribution < 1.29 is 5.11 Å². The fourth-order valence-corrected chi connectivity index (χ4v) is 2.75. The lowest BCUT2D eigenvalue weighted by molar-refractivity contribution is 0.463. The summed E-state index contributed by atoms with van der Waals surface area (Å²) in [6, 6.07) is 20.5. The van der Waals surface area contributed by atoms with E-state index in [1.54, 1.807) is 11.8 Å². The first-order valence-corrected chi connectivity index (χ1v) is 7.36. The van der Waals surface area contributed by atoms with Crippen molar-refractivity contribution in [2.75, 3.05) is 6.26 Å². The summed E-state index contributed by atoms with van der Waals surface area (Å²) in [5.74, 6) is 0.354. The number of fused-ring (bicyclic) bond motifs is 1. The molecule has 1 N–H and O–H groups in total. The molecule has 0 saturated carbocycles. The van der Waals surface area contributed by atoms with Gasteiger partial charge < -0.3 is 5.11 Å². The minimum Gasteiger partial charge on any atom is -0.507 e. The zero-order valence-corrected chi connectivity index (χ0v) is 11.4. The van der Waals surface area contributed by atoms with Crippen LogP contribution in [0.2, 0.25) is 0 Å². The number of phenolic OH excluding ortho intramolecular Hbond substituents is 1. The number of benzene rings is 3. The molecule has 0 amide bonds. The predicted octanol–water partition coefficient (Wildman–Crippen LogP) is 4.93.